The van der Waals surface area contributed by atoms with Gasteiger partial charge < -0.3 is 29.6 Å². The lowest BCUT2D eigenvalue weighted by molar-refractivity contribution is -0.236. The molecule has 10 nitrogen and oxygen atoms in total. The largest absolute Gasteiger partial charge is 0.493 e. The van der Waals surface area contributed by atoms with Gasteiger partial charge in [-0.2, -0.15) is 0 Å². The Kier molecular flexibility index (Phi) is 5.90. The van der Waals surface area contributed by atoms with Crippen molar-refractivity contribution in [3.05, 3.63) is 48.7 Å². The number of amides is 2. The van der Waals surface area contributed by atoms with Crippen LogP contribution in [0.2, 0.25) is 0 Å². The molecular formula is C30H31N3O7. The quantitative estimate of drug-likeness (QED) is 0.303. The van der Waals surface area contributed by atoms with Crippen LogP contribution in [0.5, 0.6) is 23.0 Å². The molecule has 2 N–H and O–H groups in total. The predicted molar refractivity (Wildman–Crippen MR) is 145 cm³/mol. The summed E-state index contributed by atoms with van der Waals surface area (Å²) in [6.07, 6.45) is 3.75. The number of ether oxygens (including phenoxy) is 4. The molecule has 2 bridgehead atoms. The zero-order chi connectivity index (χ0) is 28.3. The minimum Gasteiger partial charge on any atom is -0.493 e. The van der Waals surface area contributed by atoms with Gasteiger partial charge in [-0.15, -0.1) is 0 Å². The van der Waals surface area contributed by atoms with Crippen LogP contribution >= 0.6 is 0 Å². The van der Waals surface area contributed by atoms with E-state index in [-0.39, 0.29) is 23.7 Å². The summed E-state index contributed by atoms with van der Waals surface area (Å²) in [5, 5.41) is 6.74. The van der Waals surface area contributed by atoms with Gasteiger partial charge in [0.1, 0.15) is 16.9 Å². The standard InChI is InChI=1S/C30H31N3O7/c1-17-29(27(36)39-4)15-30(17,16-29)33-26(35)28(10-11-28)25(34)32-18-5-7-19(8-6-18)40-22-9-12-31-21-14-24(38-3)23(37-2)13-20(21)22/h5-9,12-14,17H,10-11,15-16H2,1-4H3,(H,32,34)(H,33,35). The Morgan fingerprint density at radius 3 is 2.17 bits per heavy atom. The number of carbonyl (C=O) groups is 3. The molecule has 0 aliphatic heterocycles. The molecule has 4 saturated carbocycles. The number of hydrogen-bond donors (Lipinski definition) is 2. The van der Waals surface area contributed by atoms with Crippen LogP contribution in [-0.4, -0.2) is 49.6 Å². The van der Waals surface area contributed by atoms with Gasteiger partial charge in [0.15, 0.2) is 11.5 Å². The van der Waals surface area contributed by atoms with E-state index in [1.165, 1.54) is 7.11 Å². The van der Waals surface area contributed by atoms with Gasteiger partial charge in [0.2, 0.25) is 11.8 Å². The molecule has 2 aromatic carbocycles. The lowest BCUT2D eigenvalue weighted by Gasteiger charge is -2.73. The van der Waals surface area contributed by atoms with Gasteiger partial charge in [0.25, 0.3) is 0 Å². The molecule has 4 fully saturated rings. The van der Waals surface area contributed by atoms with E-state index < -0.39 is 16.4 Å². The SMILES string of the molecule is COC(=O)C12CC(NC(=O)C3(C(=O)Nc4ccc(Oc5ccnc6cc(OC)c(OC)cc56)cc4)CC3)(C1)C2C. The number of methoxy groups -OCH3 is 3. The monoisotopic (exact) mass is 545 g/mol. The lowest BCUT2D eigenvalue weighted by atomic mass is 9.33. The first kappa shape index (κ1) is 25.9. The van der Waals surface area contributed by atoms with Crippen LogP contribution in [0.3, 0.4) is 0 Å². The van der Waals surface area contributed by atoms with E-state index in [2.05, 4.69) is 15.6 Å². The normalized spacial score (nSPS) is 25.1. The molecule has 4 aliphatic carbocycles. The number of rotatable bonds is 9. The molecule has 0 spiro atoms. The van der Waals surface area contributed by atoms with Crippen LogP contribution in [0.15, 0.2) is 48.7 Å². The number of anilines is 1. The molecule has 208 valence electrons. The van der Waals surface area contributed by atoms with Gasteiger partial charge in [-0.05, 0) is 68.0 Å². The average Bonchev–Trinajstić information content (AvgIpc) is 3.77. The van der Waals surface area contributed by atoms with E-state index in [1.807, 2.05) is 13.0 Å². The predicted octanol–water partition coefficient (Wildman–Crippen LogP) is 4.22. The highest BCUT2D eigenvalue weighted by Gasteiger charge is 2.79. The van der Waals surface area contributed by atoms with E-state index in [1.54, 1.807) is 56.8 Å². The number of benzene rings is 2. The fourth-order valence-electron chi connectivity index (χ4n) is 6.22. The minimum absolute atomic E-state index is 0.0107. The number of pyridine rings is 1. The molecule has 1 atom stereocenters. The number of esters is 1. The van der Waals surface area contributed by atoms with Crippen LogP contribution in [0.1, 0.15) is 32.6 Å². The number of hydrogen-bond acceptors (Lipinski definition) is 8. The van der Waals surface area contributed by atoms with Gasteiger partial charge in [0.05, 0.1) is 32.3 Å². The minimum atomic E-state index is -1.08. The summed E-state index contributed by atoms with van der Waals surface area (Å²) in [6, 6.07) is 12.3. The van der Waals surface area contributed by atoms with Gasteiger partial charge in [-0.3, -0.25) is 19.4 Å². The molecule has 10 heteroatoms. The third-order valence-electron chi connectivity index (χ3n) is 9.04. The van der Waals surface area contributed by atoms with E-state index in [0.717, 1.165) is 5.39 Å². The van der Waals surface area contributed by atoms with E-state index in [0.29, 0.717) is 59.9 Å². The van der Waals surface area contributed by atoms with E-state index in [4.69, 9.17) is 18.9 Å². The van der Waals surface area contributed by atoms with Crippen molar-refractivity contribution >= 4 is 34.4 Å². The maximum atomic E-state index is 13.2. The number of carbonyl (C=O) groups excluding carboxylic acids is 3. The van der Waals surface area contributed by atoms with Crippen LogP contribution in [0.4, 0.5) is 5.69 Å². The Morgan fingerprint density at radius 1 is 0.900 bits per heavy atom. The zero-order valence-electron chi connectivity index (χ0n) is 22.8. The van der Waals surface area contributed by atoms with E-state index >= 15 is 0 Å². The second-order valence-corrected chi connectivity index (χ2v) is 11.0. The average molecular weight is 546 g/mol. The molecule has 1 heterocycles. The number of fused-ring (bicyclic) bond motifs is 1. The Bertz CT molecular complexity index is 1520. The van der Waals surface area contributed by atoms with Crippen molar-refractivity contribution in [1.82, 2.24) is 10.3 Å². The highest BCUT2D eigenvalue weighted by Crippen LogP contribution is 2.72. The van der Waals surface area contributed by atoms with Crippen molar-refractivity contribution in [2.75, 3.05) is 26.6 Å². The van der Waals surface area contributed by atoms with Gasteiger partial charge >= 0.3 is 5.97 Å². The van der Waals surface area contributed by atoms with Crippen molar-refractivity contribution < 1.29 is 33.3 Å². The van der Waals surface area contributed by atoms with Crippen LogP contribution in [0, 0.1) is 16.7 Å². The zero-order valence-corrected chi connectivity index (χ0v) is 22.8. The summed E-state index contributed by atoms with van der Waals surface area (Å²) in [4.78, 5) is 42.9. The second kappa shape index (κ2) is 9.11. The van der Waals surface area contributed by atoms with Crippen molar-refractivity contribution in [2.24, 2.45) is 16.7 Å². The Labute approximate surface area is 231 Å². The number of aromatic nitrogens is 1. The molecule has 7 rings (SSSR count). The molecule has 2 amide bonds. The fourth-order valence-corrected chi connectivity index (χ4v) is 6.22. The smallest absolute Gasteiger partial charge is 0.312 e. The van der Waals surface area contributed by atoms with Crippen LogP contribution in [-0.2, 0) is 19.1 Å². The first-order valence-corrected chi connectivity index (χ1v) is 13.2. The first-order valence-electron chi connectivity index (χ1n) is 13.2. The maximum Gasteiger partial charge on any atom is 0.312 e. The van der Waals surface area contributed by atoms with Crippen molar-refractivity contribution in [3.8, 4) is 23.0 Å². The number of nitrogens with zero attached hydrogens (tertiary/aromatic N) is 1. The van der Waals surface area contributed by atoms with Crippen molar-refractivity contribution in [3.63, 3.8) is 0 Å². The third kappa shape index (κ3) is 3.76. The Balaban J connectivity index is 1.10. The van der Waals surface area contributed by atoms with Gasteiger partial charge in [-0.25, -0.2) is 0 Å². The van der Waals surface area contributed by atoms with Crippen molar-refractivity contribution in [2.45, 2.75) is 38.1 Å². The summed E-state index contributed by atoms with van der Waals surface area (Å²) in [7, 11) is 4.53. The Hall–Kier alpha value is -4.34. The van der Waals surface area contributed by atoms with Gasteiger partial charge in [-0.1, -0.05) is 6.92 Å². The van der Waals surface area contributed by atoms with Crippen molar-refractivity contribution in [1.29, 1.82) is 0 Å². The lowest BCUT2D eigenvalue weighted by Crippen LogP contribution is -2.83. The maximum absolute atomic E-state index is 13.2. The summed E-state index contributed by atoms with van der Waals surface area (Å²) >= 11 is 0. The highest BCUT2D eigenvalue weighted by molar-refractivity contribution is 6.13. The molecule has 3 aromatic rings. The molecule has 0 saturated heterocycles. The van der Waals surface area contributed by atoms with Gasteiger partial charge in [0, 0.05) is 28.9 Å². The Morgan fingerprint density at radius 2 is 1.57 bits per heavy atom. The van der Waals surface area contributed by atoms with Crippen LogP contribution < -0.4 is 24.8 Å². The highest BCUT2D eigenvalue weighted by atomic mass is 16.5. The molecule has 40 heavy (non-hydrogen) atoms. The second-order valence-electron chi connectivity index (χ2n) is 11.0. The third-order valence-corrected chi connectivity index (χ3v) is 9.04. The molecule has 1 aromatic heterocycles. The molecule has 4 aliphatic rings. The van der Waals surface area contributed by atoms with Crippen LogP contribution in [0.25, 0.3) is 10.9 Å². The summed E-state index contributed by atoms with van der Waals surface area (Å²) in [5.41, 5.74) is -0.746. The molecular weight excluding hydrogens is 514 g/mol. The summed E-state index contributed by atoms with van der Waals surface area (Å²) < 4.78 is 21.8. The molecule has 1 unspecified atom stereocenters. The summed E-state index contributed by atoms with van der Waals surface area (Å²) in [6.45, 7) is 1.95. The number of nitrogens with one attached hydrogen (secondary N) is 2. The fraction of sp³-hybridized carbons (Fsp3) is 0.400. The van der Waals surface area contributed by atoms with E-state index in [9.17, 15) is 14.4 Å². The first-order chi connectivity index (χ1) is 19.2. The summed E-state index contributed by atoms with van der Waals surface area (Å²) in [5.74, 6) is 1.46. The molecule has 0 radical (unpaired) electrons. The topological polar surface area (TPSA) is 125 Å².